The smallest absolute Gasteiger partial charge is 0.255 e. The highest BCUT2D eigenvalue weighted by molar-refractivity contribution is 5.95. The van der Waals surface area contributed by atoms with Crippen molar-refractivity contribution in [3.8, 4) is 11.5 Å². The Bertz CT molecular complexity index is 784. The van der Waals surface area contributed by atoms with Gasteiger partial charge in [0.15, 0.2) is 18.1 Å². The summed E-state index contributed by atoms with van der Waals surface area (Å²) in [7, 11) is 1.47. The fourth-order valence-electron chi connectivity index (χ4n) is 3.97. The second-order valence-corrected chi connectivity index (χ2v) is 7.98. The summed E-state index contributed by atoms with van der Waals surface area (Å²) in [6.07, 6.45) is 4.58. The highest BCUT2D eigenvalue weighted by Gasteiger charge is 2.25. The molecule has 2 heterocycles. The summed E-state index contributed by atoms with van der Waals surface area (Å²) in [4.78, 5) is 42.3. The van der Waals surface area contributed by atoms with Crippen LogP contribution in [-0.2, 0) is 9.59 Å². The number of hydrogen-bond acceptors (Lipinski definition) is 6. The van der Waals surface area contributed by atoms with E-state index in [4.69, 9.17) is 15.2 Å². The number of ether oxygens (including phenoxy) is 2. The topological polar surface area (TPSA) is 105 Å². The molecule has 0 unspecified atom stereocenters. The van der Waals surface area contributed by atoms with E-state index in [-0.39, 0.29) is 18.4 Å². The zero-order valence-electron chi connectivity index (χ0n) is 18.2. The molecule has 3 amide bonds. The van der Waals surface area contributed by atoms with Crippen molar-refractivity contribution >= 4 is 17.7 Å². The lowest BCUT2D eigenvalue weighted by atomic mass is 10.1. The van der Waals surface area contributed by atoms with E-state index in [9.17, 15) is 14.4 Å². The van der Waals surface area contributed by atoms with Crippen molar-refractivity contribution < 1.29 is 23.9 Å². The lowest BCUT2D eigenvalue weighted by molar-refractivity contribution is -0.132. The van der Waals surface area contributed by atoms with E-state index in [0.29, 0.717) is 49.8 Å². The Balaban J connectivity index is 1.52. The van der Waals surface area contributed by atoms with Gasteiger partial charge in [-0.25, -0.2) is 0 Å². The van der Waals surface area contributed by atoms with Crippen LogP contribution >= 0.6 is 0 Å². The van der Waals surface area contributed by atoms with Gasteiger partial charge in [0, 0.05) is 44.8 Å². The summed E-state index contributed by atoms with van der Waals surface area (Å²) in [6.45, 7) is 4.34. The molecular formula is C22H32N4O5. The van der Waals surface area contributed by atoms with Gasteiger partial charge in [0.25, 0.3) is 11.8 Å². The molecule has 3 rings (SSSR count). The van der Waals surface area contributed by atoms with E-state index in [1.54, 1.807) is 23.1 Å². The molecule has 0 bridgehead atoms. The molecule has 9 heteroatoms. The number of nitrogens with zero attached hydrogens (tertiary/aromatic N) is 3. The number of carbonyl (C=O) groups is 3. The molecule has 2 fully saturated rings. The van der Waals surface area contributed by atoms with Gasteiger partial charge in [-0.1, -0.05) is 12.8 Å². The zero-order valence-corrected chi connectivity index (χ0v) is 18.2. The van der Waals surface area contributed by atoms with Crippen LogP contribution in [0, 0.1) is 0 Å². The summed E-state index contributed by atoms with van der Waals surface area (Å²) in [5, 5.41) is 0. The molecule has 2 N–H and O–H groups in total. The molecule has 9 nitrogen and oxygen atoms in total. The van der Waals surface area contributed by atoms with Crippen molar-refractivity contribution in [1.82, 2.24) is 14.7 Å². The number of methoxy groups -OCH3 is 1. The predicted octanol–water partition coefficient (Wildman–Crippen LogP) is 0.720. The van der Waals surface area contributed by atoms with E-state index in [0.717, 1.165) is 25.9 Å². The normalized spacial score (nSPS) is 17.7. The second kappa shape index (κ2) is 11.0. The van der Waals surface area contributed by atoms with Crippen LogP contribution in [0.5, 0.6) is 11.5 Å². The second-order valence-electron chi connectivity index (χ2n) is 7.98. The first-order valence-electron chi connectivity index (χ1n) is 10.9. The van der Waals surface area contributed by atoms with Crippen LogP contribution in [0.25, 0.3) is 0 Å². The number of piperazine rings is 1. The van der Waals surface area contributed by atoms with Crippen LogP contribution in [0.15, 0.2) is 18.2 Å². The van der Waals surface area contributed by atoms with Gasteiger partial charge < -0.3 is 25.0 Å². The average Bonchev–Trinajstić information content (AvgIpc) is 3.07. The molecule has 31 heavy (non-hydrogen) atoms. The van der Waals surface area contributed by atoms with Gasteiger partial charge in [-0.15, -0.1) is 0 Å². The molecule has 0 aliphatic carbocycles. The Morgan fingerprint density at radius 1 is 0.903 bits per heavy atom. The van der Waals surface area contributed by atoms with Gasteiger partial charge in [-0.2, -0.15) is 0 Å². The molecule has 2 saturated heterocycles. The molecule has 1 aromatic carbocycles. The Morgan fingerprint density at radius 2 is 1.58 bits per heavy atom. The van der Waals surface area contributed by atoms with Crippen molar-refractivity contribution in [2.24, 2.45) is 5.73 Å². The van der Waals surface area contributed by atoms with E-state index < -0.39 is 5.91 Å². The minimum Gasteiger partial charge on any atom is -0.493 e. The maximum Gasteiger partial charge on any atom is 0.255 e. The van der Waals surface area contributed by atoms with Crippen molar-refractivity contribution in [2.75, 3.05) is 59.5 Å². The Kier molecular flexibility index (Phi) is 8.11. The summed E-state index contributed by atoms with van der Waals surface area (Å²) in [6, 6.07) is 4.86. The first kappa shape index (κ1) is 22.9. The minimum atomic E-state index is -0.589. The molecule has 2 aliphatic rings. The predicted molar refractivity (Wildman–Crippen MR) is 115 cm³/mol. The molecule has 170 valence electrons. The largest absolute Gasteiger partial charge is 0.493 e. The molecule has 1 aromatic rings. The maximum absolute atomic E-state index is 12.9. The van der Waals surface area contributed by atoms with Gasteiger partial charge in [0.05, 0.1) is 13.7 Å². The number of rotatable bonds is 7. The van der Waals surface area contributed by atoms with Crippen LogP contribution in [-0.4, -0.2) is 92.0 Å². The zero-order chi connectivity index (χ0) is 22.2. The number of hydrogen-bond donors (Lipinski definition) is 1. The molecule has 2 aliphatic heterocycles. The van der Waals surface area contributed by atoms with E-state index in [1.807, 2.05) is 4.90 Å². The standard InChI is InChI=1S/C22H32N4O5/c1-30-19-14-17(6-7-18(19)31-16-20(23)27)22(29)26-12-10-24(11-13-26)15-21(28)25-8-4-2-3-5-9-25/h6-7,14H,2-5,8-13,15-16H2,1H3,(H2,23,27). The van der Waals surface area contributed by atoms with Crippen molar-refractivity contribution in [1.29, 1.82) is 0 Å². The van der Waals surface area contributed by atoms with Crippen molar-refractivity contribution in [2.45, 2.75) is 25.7 Å². The number of primary amides is 1. The molecule has 0 aromatic heterocycles. The summed E-state index contributed by atoms with van der Waals surface area (Å²) >= 11 is 0. The average molecular weight is 433 g/mol. The Morgan fingerprint density at radius 3 is 2.19 bits per heavy atom. The number of nitrogens with two attached hydrogens (primary N) is 1. The van der Waals surface area contributed by atoms with E-state index >= 15 is 0 Å². The van der Waals surface area contributed by atoms with Gasteiger partial charge >= 0.3 is 0 Å². The van der Waals surface area contributed by atoms with Crippen LogP contribution < -0.4 is 15.2 Å². The molecule has 0 atom stereocenters. The lowest BCUT2D eigenvalue weighted by Crippen LogP contribution is -2.51. The fourth-order valence-corrected chi connectivity index (χ4v) is 3.97. The van der Waals surface area contributed by atoms with Crippen LogP contribution in [0.1, 0.15) is 36.0 Å². The first-order valence-corrected chi connectivity index (χ1v) is 10.9. The lowest BCUT2D eigenvalue weighted by Gasteiger charge is -2.35. The van der Waals surface area contributed by atoms with E-state index in [1.165, 1.54) is 20.0 Å². The highest BCUT2D eigenvalue weighted by atomic mass is 16.5. The first-order chi connectivity index (χ1) is 15.0. The third-order valence-electron chi connectivity index (χ3n) is 5.76. The quantitative estimate of drug-likeness (QED) is 0.681. The minimum absolute atomic E-state index is 0.0988. The van der Waals surface area contributed by atoms with Gasteiger partial charge in [0.2, 0.25) is 5.91 Å². The van der Waals surface area contributed by atoms with Gasteiger partial charge in [0.1, 0.15) is 0 Å². The van der Waals surface area contributed by atoms with Crippen LogP contribution in [0.4, 0.5) is 0 Å². The third kappa shape index (κ3) is 6.33. The number of carbonyl (C=O) groups excluding carboxylic acids is 3. The van der Waals surface area contributed by atoms with Crippen LogP contribution in [0.3, 0.4) is 0 Å². The molecule has 0 radical (unpaired) electrons. The number of benzene rings is 1. The number of likely N-dealkylation sites (tertiary alicyclic amines) is 1. The fraction of sp³-hybridized carbons (Fsp3) is 0.591. The Labute approximate surface area is 183 Å². The monoisotopic (exact) mass is 432 g/mol. The van der Waals surface area contributed by atoms with Gasteiger partial charge in [-0.05, 0) is 31.0 Å². The third-order valence-corrected chi connectivity index (χ3v) is 5.76. The molecule has 0 spiro atoms. The Hall–Kier alpha value is -2.81. The van der Waals surface area contributed by atoms with Crippen LogP contribution in [0.2, 0.25) is 0 Å². The molecular weight excluding hydrogens is 400 g/mol. The van der Waals surface area contributed by atoms with Gasteiger partial charge in [-0.3, -0.25) is 19.3 Å². The SMILES string of the molecule is COc1cc(C(=O)N2CCN(CC(=O)N3CCCCCC3)CC2)ccc1OCC(N)=O. The van der Waals surface area contributed by atoms with Crippen molar-refractivity contribution in [3.63, 3.8) is 0 Å². The van der Waals surface area contributed by atoms with Crippen molar-refractivity contribution in [3.05, 3.63) is 23.8 Å². The summed E-state index contributed by atoms with van der Waals surface area (Å²) in [5.74, 6) is 0.231. The van der Waals surface area contributed by atoms with E-state index in [2.05, 4.69) is 4.90 Å². The summed E-state index contributed by atoms with van der Waals surface area (Å²) < 4.78 is 10.6. The highest BCUT2D eigenvalue weighted by Crippen LogP contribution is 2.28. The molecule has 0 saturated carbocycles. The summed E-state index contributed by atoms with van der Waals surface area (Å²) in [5.41, 5.74) is 5.59. The number of amides is 3. The maximum atomic E-state index is 12.9.